The lowest BCUT2D eigenvalue weighted by molar-refractivity contribution is 0.126. The highest BCUT2D eigenvalue weighted by Gasteiger charge is 2.21. The zero-order chi connectivity index (χ0) is 21.5. The van der Waals surface area contributed by atoms with Gasteiger partial charge in [-0.3, -0.25) is 0 Å². The van der Waals surface area contributed by atoms with Gasteiger partial charge in [0, 0.05) is 19.8 Å². The molecular formula is C24H35N3O3. The standard InChI is InChI=1S/C24H35N3O3/c1-6-20-23(19-12-16-10-8-9-11-17(16)13-22(19)30-5)26-21(7-2)24(27-20)25-18(14-28-3)15-29-4/h12-13,18H,6-11,14-15H2,1-5H3,(H,25,27). The van der Waals surface area contributed by atoms with Crippen LogP contribution < -0.4 is 10.1 Å². The summed E-state index contributed by atoms with van der Waals surface area (Å²) in [7, 11) is 5.13. The lowest BCUT2D eigenvalue weighted by atomic mass is 9.89. The van der Waals surface area contributed by atoms with Crippen molar-refractivity contribution in [2.45, 2.75) is 58.4 Å². The third-order valence-corrected chi connectivity index (χ3v) is 5.71. The lowest BCUT2D eigenvalue weighted by Crippen LogP contribution is -2.31. The number of ether oxygens (including phenoxy) is 3. The van der Waals surface area contributed by atoms with E-state index in [1.807, 2.05) is 0 Å². The number of aromatic nitrogens is 2. The van der Waals surface area contributed by atoms with Crippen LogP contribution in [0.3, 0.4) is 0 Å². The van der Waals surface area contributed by atoms with E-state index in [0.29, 0.717) is 13.2 Å². The molecule has 0 radical (unpaired) electrons. The fourth-order valence-electron chi connectivity index (χ4n) is 4.17. The first-order valence-electron chi connectivity index (χ1n) is 11.0. The summed E-state index contributed by atoms with van der Waals surface area (Å²) in [5.74, 6) is 1.70. The summed E-state index contributed by atoms with van der Waals surface area (Å²) >= 11 is 0. The van der Waals surface area contributed by atoms with E-state index in [1.165, 1.54) is 24.0 Å². The Morgan fingerprint density at radius 2 is 1.53 bits per heavy atom. The number of benzene rings is 1. The summed E-state index contributed by atoms with van der Waals surface area (Å²) in [5, 5.41) is 3.48. The predicted octanol–water partition coefficient (Wildman–Crippen LogP) is 4.23. The number of rotatable bonds is 10. The predicted molar refractivity (Wildman–Crippen MR) is 121 cm³/mol. The van der Waals surface area contributed by atoms with Gasteiger partial charge < -0.3 is 19.5 Å². The molecule has 2 aromatic rings. The minimum Gasteiger partial charge on any atom is -0.496 e. The van der Waals surface area contributed by atoms with Crippen LogP contribution in [0.15, 0.2) is 12.1 Å². The molecule has 6 heteroatoms. The van der Waals surface area contributed by atoms with Crippen molar-refractivity contribution in [2.75, 3.05) is 39.9 Å². The Morgan fingerprint density at radius 1 is 0.900 bits per heavy atom. The molecule has 0 bridgehead atoms. The first-order valence-corrected chi connectivity index (χ1v) is 11.0. The van der Waals surface area contributed by atoms with E-state index in [0.717, 1.165) is 59.9 Å². The highest BCUT2D eigenvalue weighted by molar-refractivity contribution is 5.72. The van der Waals surface area contributed by atoms with Crippen molar-refractivity contribution >= 4 is 5.82 Å². The zero-order valence-electron chi connectivity index (χ0n) is 19.0. The maximum absolute atomic E-state index is 5.78. The van der Waals surface area contributed by atoms with Gasteiger partial charge in [-0.1, -0.05) is 13.8 Å². The second-order valence-electron chi connectivity index (χ2n) is 7.80. The second-order valence-corrected chi connectivity index (χ2v) is 7.80. The number of hydrogen-bond donors (Lipinski definition) is 1. The third kappa shape index (κ3) is 4.93. The Kier molecular flexibility index (Phi) is 8.05. The first-order chi connectivity index (χ1) is 14.6. The summed E-state index contributed by atoms with van der Waals surface area (Å²) < 4.78 is 16.4. The molecule has 1 aliphatic carbocycles. The van der Waals surface area contributed by atoms with Crippen molar-refractivity contribution in [3.05, 3.63) is 34.6 Å². The van der Waals surface area contributed by atoms with Gasteiger partial charge >= 0.3 is 0 Å². The smallest absolute Gasteiger partial charge is 0.148 e. The number of nitrogens with zero attached hydrogens (tertiary/aromatic N) is 2. The van der Waals surface area contributed by atoms with Gasteiger partial charge in [0.05, 0.1) is 43.4 Å². The topological polar surface area (TPSA) is 65.5 Å². The van der Waals surface area contributed by atoms with Crippen LogP contribution in [0.2, 0.25) is 0 Å². The van der Waals surface area contributed by atoms with E-state index in [2.05, 4.69) is 31.3 Å². The van der Waals surface area contributed by atoms with Crippen LogP contribution in [-0.2, 0) is 35.2 Å². The molecule has 0 aliphatic heterocycles. The largest absolute Gasteiger partial charge is 0.496 e. The van der Waals surface area contributed by atoms with E-state index in [4.69, 9.17) is 24.2 Å². The van der Waals surface area contributed by atoms with Gasteiger partial charge in [-0.2, -0.15) is 0 Å². The van der Waals surface area contributed by atoms with Gasteiger partial charge in [0.1, 0.15) is 11.6 Å². The van der Waals surface area contributed by atoms with E-state index in [9.17, 15) is 0 Å². The molecule has 0 spiro atoms. The van der Waals surface area contributed by atoms with Gasteiger partial charge in [0.2, 0.25) is 0 Å². The van der Waals surface area contributed by atoms with Crippen LogP contribution in [0, 0.1) is 0 Å². The molecule has 6 nitrogen and oxygen atoms in total. The number of nitrogens with one attached hydrogen (secondary N) is 1. The second kappa shape index (κ2) is 10.7. The van der Waals surface area contributed by atoms with Gasteiger partial charge in [0.15, 0.2) is 0 Å². The summed E-state index contributed by atoms with van der Waals surface area (Å²) in [6.07, 6.45) is 6.32. The number of hydrogen-bond acceptors (Lipinski definition) is 6. The van der Waals surface area contributed by atoms with E-state index in [-0.39, 0.29) is 6.04 Å². The molecule has 0 saturated carbocycles. The Bertz CT molecular complexity index is 848. The molecule has 0 atom stereocenters. The van der Waals surface area contributed by atoms with Crippen molar-refractivity contribution in [3.8, 4) is 17.0 Å². The molecule has 0 unspecified atom stereocenters. The minimum atomic E-state index is 0.0217. The number of fused-ring (bicyclic) bond motifs is 1. The molecule has 1 aromatic carbocycles. The monoisotopic (exact) mass is 413 g/mol. The van der Waals surface area contributed by atoms with Crippen molar-refractivity contribution in [1.29, 1.82) is 0 Å². The number of methoxy groups -OCH3 is 3. The number of anilines is 1. The molecule has 30 heavy (non-hydrogen) atoms. The molecule has 0 saturated heterocycles. The molecule has 1 aliphatic rings. The SMILES string of the molecule is CCc1nc(-c2cc3c(cc2OC)CCCC3)c(CC)nc1NC(COC)COC. The Hall–Kier alpha value is -2.18. The number of aryl methyl sites for hydroxylation is 4. The van der Waals surface area contributed by atoms with Gasteiger partial charge in [-0.25, -0.2) is 9.97 Å². The molecular weight excluding hydrogens is 378 g/mol. The molecule has 1 aromatic heterocycles. The van der Waals surface area contributed by atoms with Crippen LogP contribution in [0.5, 0.6) is 5.75 Å². The third-order valence-electron chi connectivity index (χ3n) is 5.71. The maximum atomic E-state index is 5.78. The van der Waals surface area contributed by atoms with E-state index < -0.39 is 0 Å². The molecule has 0 amide bonds. The molecule has 1 heterocycles. The average molecular weight is 414 g/mol. The quantitative estimate of drug-likeness (QED) is 0.629. The summed E-state index contributed by atoms with van der Waals surface area (Å²) in [6, 6.07) is 4.51. The fourth-order valence-corrected chi connectivity index (χ4v) is 4.17. The molecule has 0 fully saturated rings. The van der Waals surface area contributed by atoms with Gasteiger partial charge in [0.25, 0.3) is 0 Å². The summed E-state index contributed by atoms with van der Waals surface area (Å²) in [4.78, 5) is 10.1. The van der Waals surface area contributed by atoms with Gasteiger partial charge in [-0.15, -0.1) is 0 Å². The van der Waals surface area contributed by atoms with Crippen LogP contribution in [0.25, 0.3) is 11.3 Å². The van der Waals surface area contributed by atoms with Crippen molar-refractivity contribution in [2.24, 2.45) is 0 Å². The maximum Gasteiger partial charge on any atom is 0.148 e. The molecule has 3 rings (SSSR count). The highest BCUT2D eigenvalue weighted by atomic mass is 16.5. The zero-order valence-corrected chi connectivity index (χ0v) is 19.0. The average Bonchev–Trinajstić information content (AvgIpc) is 2.78. The fraction of sp³-hybridized carbons (Fsp3) is 0.583. The van der Waals surface area contributed by atoms with Crippen molar-refractivity contribution in [1.82, 2.24) is 9.97 Å². The summed E-state index contributed by atoms with van der Waals surface area (Å²) in [5.41, 5.74) is 6.72. The van der Waals surface area contributed by atoms with E-state index >= 15 is 0 Å². The molecule has 164 valence electrons. The summed E-state index contributed by atoms with van der Waals surface area (Å²) in [6.45, 7) is 5.31. The van der Waals surface area contributed by atoms with E-state index in [1.54, 1.807) is 21.3 Å². The van der Waals surface area contributed by atoms with Crippen molar-refractivity contribution in [3.63, 3.8) is 0 Å². The van der Waals surface area contributed by atoms with Crippen LogP contribution >= 0.6 is 0 Å². The Morgan fingerprint density at radius 3 is 2.10 bits per heavy atom. The Labute approximate surface area is 180 Å². The Balaban J connectivity index is 2.06. The minimum absolute atomic E-state index is 0.0217. The normalized spacial score (nSPS) is 13.4. The molecule has 1 N–H and O–H groups in total. The van der Waals surface area contributed by atoms with Crippen LogP contribution in [0.4, 0.5) is 5.82 Å². The van der Waals surface area contributed by atoms with Crippen molar-refractivity contribution < 1.29 is 14.2 Å². The van der Waals surface area contributed by atoms with Crippen LogP contribution in [-0.4, -0.2) is 50.6 Å². The first kappa shape index (κ1) is 22.5. The lowest BCUT2D eigenvalue weighted by Gasteiger charge is -2.22. The van der Waals surface area contributed by atoms with Crippen LogP contribution in [0.1, 0.15) is 49.2 Å². The highest BCUT2D eigenvalue weighted by Crippen LogP contribution is 2.37. The van der Waals surface area contributed by atoms with Gasteiger partial charge in [-0.05, 0) is 61.8 Å².